The predicted octanol–water partition coefficient (Wildman–Crippen LogP) is 3.22. The molecule has 112 valence electrons. The lowest BCUT2D eigenvalue weighted by molar-refractivity contribution is 0.617. The molecule has 20 heavy (non-hydrogen) atoms. The third-order valence-electron chi connectivity index (χ3n) is 3.42. The summed E-state index contributed by atoms with van der Waals surface area (Å²) in [5.41, 5.74) is 1.70. The van der Waals surface area contributed by atoms with Gasteiger partial charge in [0, 0.05) is 12.6 Å². The molecule has 0 radical (unpaired) electrons. The fraction of sp³-hybridized carbons (Fsp3) is 0.533. The number of aryl methyl sites for hydroxylation is 1. The maximum Gasteiger partial charge on any atom is 0.191 e. The summed E-state index contributed by atoms with van der Waals surface area (Å²) in [4.78, 5) is 4.54. The summed E-state index contributed by atoms with van der Waals surface area (Å²) in [7, 11) is 0. The minimum absolute atomic E-state index is 0. The monoisotopic (exact) mass is 391 g/mol. The molecule has 2 N–H and O–H groups in total. The maximum absolute atomic E-state index is 13.2. The molecule has 0 heterocycles. The van der Waals surface area contributed by atoms with Crippen LogP contribution in [-0.2, 0) is 6.54 Å². The van der Waals surface area contributed by atoms with Crippen molar-refractivity contribution in [2.75, 3.05) is 6.54 Å². The van der Waals surface area contributed by atoms with Crippen molar-refractivity contribution in [3.8, 4) is 0 Å². The second kappa shape index (κ2) is 7.81. The third kappa shape index (κ3) is 4.92. The molecule has 1 aliphatic carbocycles. The zero-order chi connectivity index (χ0) is 13.8. The van der Waals surface area contributed by atoms with Crippen molar-refractivity contribution in [2.24, 2.45) is 10.9 Å². The normalized spacial score (nSPS) is 21.1. The van der Waals surface area contributed by atoms with Gasteiger partial charge in [0.1, 0.15) is 5.82 Å². The number of nitrogens with one attached hydrogen (secondary N) is 2. The van der Waals surface area contributed by atoms with E-state index >= 15 is 0 Å². The molecule has 3 nitrogen and oxygen atoms in total. The number of halogens is 2. The van der Waals surface area contributed by atoms with E-state index in [1.807, 2.05) is 6.07 Å². The molecular formula is C15H23FIN3. The van der Waals surface area contributed by atoms with Gasteiger partial charge in [0.25, 0.3) is 0 Å². The van der Waals surface area contributed by atoms with Gasteiger partial charge in [-0.1, -0.05) is 19.1 Å². The van der Waals surface area contributed by atoms with Crippen LogP contribution in [-0.4, -0.2) is 18.5 Å². The number of guanidine groups is 1. The molecule has 0 aromatic heterocycles. The zero-order valence-electron chi connectivity index (χ0n) is 12.2. The molecule has 0 saturated heterocycles. The predicted molar refractivity (Wildman–Crippen MR) is 92.1 cm³/mol. The van der Waals surface area contributed by atoms with Gasteiger partial charge in [-0.25, -0.2) is 9.38 Å². The van der Waals surface area contributed by atoms with Gasteiger partial charge in [0.2, 0.25) is 0 Å². The first-order valence-electron chi connectivity index (χ1n) is 6.90. The summed E-state index contributed by atoms with van der Waals surface area (Å²) in [5.74, 6) is 1.42. The molecule has 1 aromatic carbocycles. The molecule has 1 fully saturated rings. The van der Waals surface area contributed by atoms with E-state index in [0.717, 1.165) is 24.0 Å². The Balaban J connectivity index is 0.00000200. The molecule has 0 bridgehead atoms. The summed E-state index contributed by atoms with van der Waals surface area (Å²) in [6, 6.07) is 5.69. The van der Waals surface area contributed by atoms with Crippen molar-refractivity contribution >= 4 is 29.9 Å². The van der Waals surface area contributed by atoms with Crippen LogP contribution in [0, 0.1) is 18.7 Å². The lowest BCUT2D eigenvalue weighted by atomic mass is 10.1. The smallest absolute Gasteiger partial charge is 0.191 e. The van der Waals surface area contributed by atoms with Gasteiger partial charge in [-0.2, -0.15) is 0 Å². The molecule has 5 heteroatoms. The van der Waals surface area contributed by atoms with Crippen molar-refractivity contribution in [1.82, 2.24) is 10.6 Å². The van der Waals surface area contributed by atoms with E-state index in [9.17, 15) is 4.39 Å². The van der Waals surface area contributed by atoms with Crippen LogP contribution in [0.5, 0.6) is 0 Å². The Bertz CT molecular complexity index is 476. The number of hydrogen-bond acceptors (Lipinski definition) is 1. The highest BCUT2D eigenvalue weighted by atomic mass is 127. The number of hydrogen-bond donors (Lipinski definition) is 2. The average Bonchev–Trinajstić information content (AvgIpc) is 3.06. The Morgan fingerprint density at radius 2 is 2.15 bits per heavy atom. The quantitative estimate of drug-likeness (QED) is 0.470. The van der Waals surface area contributed by atoms with E-state index in [0.29, 0.717) is 18.2 Å². The van der Waals surface area contributed by atoms with E-state index in [2.05, 4.69) is 29.5 Å². The fourth-order valence-corrected chi connectivity index (χ4v) is 1.99. The molecule has 2 unspecified atom stereocenters. The Morgan fingerprint density at radius 1 is 1.45 bits per heavy atom. The first-order chi connectivity index (χ1) is 9.10. The first-order valence-corrected chi connectivity index (χ1v) is 6.90. The molecule has 2 rings (SSSR count). The summed E-state index contributed by atoms with van der Waals surface area (Å²) in [6.45, 7) is 7.46. The highest BCUT2D eigenvalue weighted by Gasteiger charge is 2.33. The van der Waals surface area contributed by atoms with E-state index in [4.69, 9.17) is 0 Å². The van der Waals surface area contributed by atoms with Gasteiger partial charge in [-0.15, -0.1) is 24.0 Å². The Morgan fingerprint density at radius 3 is 2.70 bits per heavy atom. The molecular weight excluding hydrogens is 368 g/mol. The minimum atomic E-state index is -0.162. The van der Waals surface area contributed by atoms with Crippen LogP contribution in [0.4, 0.5) is 4.39 Å². The number of benzene rings is 1. The topological polar surface area (TPSA) is 36.4 Å². The summed E-state index contributed by atoms with van der Waals surface area (Å²) >= 11 is 0. The van der Waals surface area contributed by atoms with Gasteiger partial charge < -0.3 is 10.6 Å². The highest BCUT2D eigenvalue weighted by molar-refractivity contribution is 14.0. The van der Waals surface area contributed by atoms with Gasteiger partial charge in [0.15, 0.2) is 5.96 Å². The Hall–Kier alpha value is -0.850. The Labute approximate surface area is 137 Å². The minimum Gasteiger partial charge on any atom is -0.357 e. The lowest BCUT2D eigenvalue weighted by Crippen LogP contribution is -2.39. The average molecular weight is 391 g/mol. The molecule has 1 aliphatic rings. The van der Waals surface area contributed by atoms with Gasteiger partial charge in [0.05, 0.1) is 6.54 Å². The summed E-state index contributed by atoms with van der Waals surface area (Å²) in [6.07, 6.45) is 1.21. The standard InChI is InChI=1S/C15H22FN3.HI/c1-4-17-15(19-14-8-11(14)3)18-9-12-5-6-13(16)10(2)7-12;/h5-7,11,14H,4,8-9H2,1-3H3,(H2,17,18,19);1H. The maximum atomic E-state index is 13.2. The van der Waals surface area contributed by atoms with Crippen LogP contribution in [0.3, 0.4) is 0 Å². The molecule has 0 aliphatic heterocycles. The van der Waals surface area contributed by atoms with E-state index in [1.54, 1.807) is 13.0 Å². The van der Waals surface area contributed by atoms with Crippen LogP contribution >= 0.6 is 24.0 Å². The number of rotatable bonds is 4. The van der Waals surface area contributed by atoms with Crippen LogP contribution < -0.4 is 10.6 Å². The largest absolute Gasteiger partial charge is 0.357 e. The third-order valence-corrected chi connectivity index (χ3v) is 3.42. The molecule has 1 aromatic rings. The molecule has 0 spiro atoms. The summed E-state index contributed by atoms with van der Waals surface area (Å²) < 4.78 is 13.2. The van der Waals surface area contributed by atoms with E-state index in [-0.39, 0.29) is 29.8 Å². The second-order valence-electron chi connectivity index (χ2n) is 5.24. The van der Waals surface area contributed by atoms with Crippen LogP contribution in [0.2, 0.25) is 0 Å². The molecule has 0 amide bonds. The van der Waals surface area contributed by atoms with Crippen LogP contribution in [0.25, 0.3) is 0 Å². The lowest BCUT2D eigenvalue weighted by Gasteiger charge is -2.10. The van der Waals surface area contributed by atoms with Crippen LogP contribution in [0.15, 0.2) is 23.2 Å². The zero-order valence-corrected chi connectivity index (χ0v) is 14.6. The van der Waals surface area contributed by atoms with Gasteiger partial charge >= 0.3 is 0 Å². The van der Waals surface area contributed by atoms with Gasteiger partial charge in [-0.05, 0) is 43.4 Å². The second-order valence-corrected chi connectivity index (χ2v) is 5.24. The van der Waals surface area contributed by atoms with Gasteiger partial charge in [-0.3, -0.25) is 0 Å². The van der Waals surface area contributed by atoms with Crippen molar-refractivity contribution in [2.45, 2.75) is 39.8 Å². The van der Waals surface area contributed by atoms with Crippen molar-refractivity contribution in [3.05, 3.63) is 35.1 Å². The summed E-state index contributed by atoms with van der Waals surface area (Å²) in [5, 5.41) is 6.64. The van der Waals surface area contributed by atoms with E-state index < -0.39 is 0 Å². The van der Waals surface area contributed by atoms with Crippen molar-refractivity contribution in [3.63, 3.8) is 0 Å². The SMILES string of the molecule is CCNC(=NCc1ccc(F)c(C)c1)NC1CC1C.I. The fourth-order valence-electron chi connectivity index (χ4n) is 1.99. The van der Waals surface area contributed by atoms with Crippen molar-refractivity contribution in [1.29, 1.82) is 0 Å². The number of nitrogens with zero attached hydrogens (tertiary/aromatic N) is 1. The Kier molecular flexibility index (Phi) is 6.71. The first kappa shape index (κ1) is 17.2. The number of aliphatic imine (C=N–C) groups is 1. The van der Waals surface area contributed by atoms with Crippen molar-refractivity contribution < 1.29 is 4.39 Å². The molecule has 1 saturated carbocycles. The van der Waals surface area contributed by atoms with E-state index in [1.165, 1.54) is 12.5 Å². The highest BCUT2D eigenvalue weighted by Crippen LogP contribution is 2.28. The van der Waals surface area contributed by atoms with Crippen LogP contribution in [0.1, 0.15) is 31.4 Å². The molecule has 2 atom stereocenters.